The monoisotopic (exact) mass is 555 g/mol. The summed E-state index contributed by atoms with van der Waals surface area (Å²) < 4.78 is 23.4. The van der Waals surface area contributed by atoms with Crippen LogP contribution in [0.3, 0.4) is 0 Å². The zero-order valence-corrected chi connectivity index (χ0v) is 22.9. The third kappa shape index (κ3) is 6.20. The molecule has 6 nitrogen and oxygen atoms in total. The van der Waals surface area contributed by atoms with Gasteiger partial charge in [0.25, 0.3) is 5.91 Å². The van der Waals surface area contributed by atoms with Crippen molar-refractivity contribution < 1.29 is 23.7 Å². The van der Waals surface area contributed by atoms with Crippen molar-refractivity contribution in [2.45, 2.75) is 32.3 Å². The summed E-state index contributed by atoms with van der Waals surface area (Å²) >= 11 is 12.4. The molecule has 2 aliphatic rings. The molecular weight excluding hydrogens is 525 g/mol. The molecule has 3 atom stereocenters. The van der Waals surface area contributed by atoms with E-state index in [1.807, 2.05) is 36.4 Å². The summed E-state index contributed by atoms with van der Waals surface area (Å²) in [6, 6.07) is 19.0. The van der Waals surface area contributed by atoms with Crippen molar-refractivity contribution in [1.29, 1.82) is 0 Å². The Kier molecular flexibility index (Phi) is 8.32. The molecule has 0 unspecified atom stereocenters. The van der Waals surface area contributed by atoms with Gasteiger partial charge in [0.15, 0.2) is 18.1 Å². The van der Waals surface area contributed by atoms with Crippen LogP contribution >= 0.6 is 23.2 Å². The number of rotatable bonds is 7. The molecule has 3 aromatic carbocycles. The van der Waals surface area contributed by atoms with Crippen molar-refractivity contribution in [1.82, 2.24) is 0 Å². The summed E-state index contributed by atoms with van der Waals surface area (Å²) in [6.45, 7) is 5.93. The van der Waals surface area contributed by atoms with Gasteiger partial charge in [0.1, 0.15) is 19.0 Å². The number of anilines is 1. The van der Waals surface area contributed by atoms with E-state index < -0.39 is 0 Å². The van der Waals surface area contributed by atoms with Crippen LogP contribution < -0.4 is 19.5 Å². The minimum atomic E-state index is -0.259. The van der Waals surface area contributed by atoms with Crippen LogP contribution in [0, 0.1) is 11.8 Å². The van der Waals surface area contributed by atoms with E-state index in [-0.39, 0.29) is 24.5 Å². The Balaban J connectivity index is 1.21. The molecule has 1 amide bonds. The minimum Gasteiger partial charge on any atom is -0.486 e. The predicted octanol–water partition coefficient (Wildman–Crippen LogP) is 7.30. The molecule has 0 aromatic heterocycles. The molecule has 0 aliphatic carbocycles. The van der Waals surface area contributed by atoms with Crippen LogP contribution in [0.5, 0.6) is 17.2 Å². The Bertz CT molecular complexity index is 1300. The number of ether oxygens (including phenoxy) is 4. The highest BCUT2D eigenvalue weighted by molar-refractivity contribution is 6.42. The quantitative estimate of drug-likeness (QED) is 0.331. The summed E-state index contributed by atoms with van der Waals surface area (Å²) in [5.41, 5.74) is 2.81. The lowest BCUT2D eigenvalue weighted by molar-refractivity contribution is -0.118. The number of hydrogen-bond donors (Lipinski definition) is 1. The molecule has 5 rings (SSSR count). The second-order valence-electron chi connectivity index (χ2n) is 10.0. The number of nitrogens with one attached hydrogen (secondary N) is 1. The van der Waals surface area contributed by atoms with Crippen LogP contribution in [0.25, 0.3) is 0 Å². The van der Waals surface area contributed by atoms with Crippen LogP contribution in [0.1, 0.15) is 43.4 Å². The molecule has 1 saturated heterocycles. The van der Waals surface area contributed by atoms with Gasteiger partial charge >= 0.3 is 0 Å². The van der Waals surface area contributed by atoms with E-state index >= 15 is 0 Å². The van der Waals surface area contributed by atoms with Gasteiger partial charge in [0.05, 0.1) is 22.8 Å². The predicted molar refractivity (Wildman–Crippen MR) is 149 cm³/mol. The number of halogens is 2. The van der Waals surface area contributed by atoms with Crippen molar-refractivity contribution in [2.75, 3.05) is 31.7 Å². The number of carbonyl (C=O) groups is 1. The maximum absolute atomic E-state index is 12.5. The number of hydrogen-bond acceptors (Lipinski definition) is 5. The van der Waals surface area contributed by atoms with Crippen LogP contribution in [0.15, 0.2) is 60.7 Å². The minimum absolute atomic E-state index is 0.0656. The van der Waals surface area contributed by atoms with E-state index in [1.54, 1.807) is 18.2 Å². The fraction of sp³-hybridized carbons (Fsp3) is 0.367. The molecule has 0 saturated carbocycles. The maximum atomic E-state index is 12.5. The molecular formula is C30H31Cl2NO5. The Labute approximate surface area is 233 Å². The summed E-state index contributed by atoms with van der Waals surface area (Å²) in [5.74, 6) is 2.62. The Morgan fingerprint density at radius 1 is 0.974 bits per heavy atom. The van der Waals surface area contributed by atoms with Gasteiger partial charge in [-0.25, -0.2) is 0 Å². The normalized spacial score (nSPS) is 20.7. The number of carbonyl (C=O) groups excluding carboxylic acids is 1. The summed E-state index contributed by atoms with van der Waals surface area (Å²) in [5, 5.41) is 3.97. The number of fused-ring (bicyclic) bond motifs is 1. The zero-order chi connectivity index (χ0) is 26.6. The third-order valence-corrected chi connectivity index (χ3v) is 7.82. The Hall–Kier alpha value is -2.93. The second kappa shape index (κ2) is 11.9. The Morgan fingerprint density at radius 3 is 2.58 bits per heavy atom. The smallest absolute Gasteiger partial charge is 0.262 e. The van der Waals surface area contributed by atoms with Crippen LogP contribution in [-0.4, -0.2) is 32.3 Å². The number of benzene rings is 3. The lowest BCUT2D eigenvalue weighted by Crippen LogP contribution is -2.31. The second-order valence-corrected chi connectivity index (χ2v) is 10.9. The molecule has 0 radical (unpaired) electrons. The summed E-state index contributed by atoms with van der Waals surface area (Å²) in [6.07, 6.45) is 0.910. The van der Waals surface area contributed by atoms with Crippen molar-refractivity contribution in [3.63, 3.8) is 0 Å². The van der Waals surface area contributed by atoms with Crippen molar-refractivity contribution in [3.8, 4) is 17.2 Å². The molecule has 200 valence electrons. The van der Waals surface area contributed by atoms with E-state index in [2.05, 4.69) is 25.2 Å². The Morgan fingerprint density at radius 2 is 1.79 bits per heavy atom. The van der Waals surface area contributed by atoms with Gasteiger partial charge in [-0.2, -0.15) is 0 Å². The largest absolute Gasteiger partial charge is 0.486 e. The highest BCUT2D eigenvalue weighted by Gasteiger charge is 2.35. The molecule has 1 N–H and O–H groups in total. The van der Waals surface area contributed by atoms with Crippen LogP contribution in [0.4, 0.5) is 5.69 Å². The van der Waals surface area contributed by atoms with Gasteiger partial charge in [-0.1, -0.05) is 55.2 Å². The van der Waals surface area contributed by atoms with Crippen molar-refractivity contribution in [2.24, 2.45) is 11.8 Å². The fourth-order valence-electron chi connectivity index (χ4n) is 5.08. The topological polar surface area (TPSA) is 66.0 Å². The van der Waals surface area contributed by atoms with Gasteiger partial charge < -0.3 is 24.3 Å². The van der Waals surface area contributed by atoms with Gasteiger partial charge in [-0.3, -0.25) is 4.79 Å². The van der Waals surface area contributed by atoms with Gasteiger partial charge in [-0.05, 0) is 65.8 Å². The van der Waals surface area contributed by atoms with E-state index in [0.29, 0.717) is 64.6 Å². The van der Waals surface area contributed by atoms with Crippen molar-refractivity contribution in [3.05, 3.63) is 81.8 Å². The van der Waals surface area contributed by atoms with E-state index in [1.165, 1.54) is 0 Å². The first-order chi connectivity index (χ1) is 18.4. The summed E-state index contributed by atoms with van der Waals surface area (Å²) in [4.78, 5) is 12.5. The summed E-state index contributed by atoms with van der Waals surface area (Å²) in [7, 11) is 0. The lowest BCUT2D eigenvalue weighted by atomic mass is 9.76. The molecule has 0 spiro atoms. The highest BCUT2D eigenvalue weighted by atomic mass is 35.5. The molecule has 8 heteroatoms. The molecule has 38 heavy (non-hydrogen) atoms. The molecule has 2 heterocycles. The average molecular weight is 556 g/mol. The average Bonchev–Trinajstić information content (AvgIpc) is 2.93. The van der Waals surface area contributed by atoms with Crippen LogP contribution in [0.2, 0.25) is 10.0 Å². The van der Waals surface area contributed by atoms with Gasteiger partial charge in [-0.15, -0.1) is 0 Å². The van der Waals surface area contributed by atoms with Crippen molar-refractivity contribution >= 4 is 34.8 Å². The van der Waals surface area contributed by atoms with Gasteiger partial charge in [0.2, 0.25) is 0 Å². The molecule has 2 aliphatic heterocycles. The first-order valence-electron chi connectivity index (χ1n) is 12.9. The maximum Gasteiger partial charge on any atom is 0.262 e. The SMILES string of the molecule is CC(C)[C@@H]1C[C@H](c2ccc(Cl)c(Cl)c2)CO[C@H]1c1cccc(OCC(=O)Nc2ccc3c(c2)OCCO3)c1. The highest BCUT2D eigenvalue weighted by Crippen LogP contribution is 2.44. The van der Waals surface area contributed by atoms with Gasteiger partial charge in [0, 0.05) is 17.7 Å². The molecule has 0 bridgehead atoms. The van der Waals surface area contributed by atoms with E-state index in [0.717, 1.165) is 17.5 Å². The number of amides is 1. The standard InChI is InChI=1S/C30H31Cl2NO5/c1-18(2)24-13-21(19-6-8-25(31)26(32)14-19)16-38-30(24)20-4-3-5-23(12-20)37-17-29(34)33-22-7-9-27-28(15-22)36-11-10-35-27/h3-9,12,14-15,18,21,24,30H,10-11,13,16-17H2,1-2H3,(H,33,34)/t21-,24-,30-/m0/s1. The van der Waals surface area contributed by atoms with E-state index in [4.69, 9.17) is 42.1 Å². The fourth-order valence-corrected chi connectivity index (χ4v) is 5.38. The molecule has 3 aromatic rings. The van der Waals surface area contributed by atoms with Crippen LogP contribution in [-0.2, 0) is 9.53 Å². The first kappa shape index (κ1) is 26.7. The lowest BCUT2D eigenvalue weighted by Gasteiger charge is -2.39. The third-order valence-electron chi connectivity index (χ3n) is 7.08. The first-order valence-corrected chi connectivity index (χ1v) is 13.6. The zero-order valence-electron chi connectivity index (χ0n) is 21.4. The van der Waals surface area contributed by atoms with E-state index in [9.17, 15) is 4.79 Å². The molecule has 1 fully saturated rings.